The largest absolute Gasteiger partial charge is 0.379 e. The summed E-state index contributed by atoms with van der Waals surface area (Å²) in [4.78, 5) is 21.9. The molecule has 4 rings (SSSR count). The molecule has 3 heterocycles. The normalized spacial score (nSPS) is 20.9. The first kappa shape index (κ1) is 19.4. The van der Waals surface area contributed by atoms with Crippen molar-refractivity contribution in [3.63, 3.8) is 0 Å². The van der Waals surface area contributed by atoms with Crippen LogP contribution in [-0.4, -0.2) is 66.6 Å². The zero-order valence-corrected chi connectivity index (χ0v) is 16.8. The minimum atomic E-state index is 0.220. The second kappa shape index (κ2) is 9.03. The van der Waals surface area contributed by atoms with Gasteiger partial charge in [-0.3, -0.25) is 14.7 Å². The van der Waals surface area contributed by atoms with Gasteiger partial charge in [-0.25, -0.2) is 0 Å². The molecule has 2 aliphatic rings. The molecule has 1 aromatic heterocycles. The zero-order chi connectivity index (χ0) is 19.3. The Morgan fingerprint density at radius 1 is 1.14 bits per heavy atom. The van der Waals surface area contributed by atoms with Crippen molar-refractivity contribution in [2.45, 2.75) is 18.8 Å². The van der Waals surface area contributed by atoms with Crippen LogP contribution in [0, 0.1) is 0 Å². The Hall–Kier alpha value is -1.95. The number of likely N-dealkylation sites (tertiary alicyclic amines) is 1. The molecular weight excluding hydrogens is 374 g/mol. The molecule has 0 radical (unpaired) electrons. The zero-order valence-electron chi connectivity index (χ0n) is 16.0. The van der Waals surface area contributed by atoms with E-state index in [4.69, 9.17) is 21.3 Å². The standard InChI is InChI=1S/C22H26ClN3O2/c23-19-6-1-4-17(14-19)20-7-2-8-21(24-20)18-5-3-9-26(15-18)22(27)16-25-10-12-28-13-11-25/h1-2,4,6-8,14,18H,3,5,9-13,15-16H2. The average Bonchev–Trinajstić information content (AvgIpc) is 2.75. The van der Waals surface area contributed by atoms with E-state index in [9.17, 15) is 4.79 Å². The van der Waals surface area contributed by atoms with Gasteiger partial charge in [-0.05, 0) is 37.1 Å². The van der Waals surface area contributed by atoms with Crippen LogP contribution < -0.4 is 0 Å². The van der Waals surface area contributed by atoms with E-state index in [0.29, 0.717) is 11.6 Å². The smallest absolute Gasteiger partial charge is 0.236 e. The van der Waals surface area contributed by atoms with Crippen LogP contribution in [0.3, 0.4) is 0 Å². The number of morpholine rings is 1. The van der Waals surface area contributed by atoms with E-state index in [2.05, 4.69) is 11.0 Å². The lowest BCUT2D eigenvalue weighted by atomic mass is 9.93. The van der Waals surface area contributed by atoms with E-state index in [1.807, 2.05) is 41.3 Å². The summed E-state index contributed by atoms with van der Waals surface area (Å²) < 4.78 is 5.37. The maximum atomic E-state index is 12.8. The molecule has 2 aliphatic heterocycles. The summed E-state index contributed by atoms with van der Waals surface area (Å²) in [6.45, 7) is 5.19. The maximum Gasteiger partial charge on any atom is 0.236 e. The van der Waals surface area contributed by atoms with Crippen molar-refractivity contribution >= 4 is 17.5 Å². The molecule has 5 nitrogen and oxygen atoms in total. The van der Waals surface area contributed by atoms with Crippen LogP contribution in [0.25, 0.3) is 11.3 Å². The number of benzene rings is 1. The van der Waals surface area contributed by atoms with Crippen molar-refractivity contribution in [1.29, 1.82) is 0 Å². The van der Waals surface area contributed by atoms with Gasteiger partial charge >= 0.3 is 0 Å². The molecule has 0 saturated carbocycles. The number of carbonyl (C=O) groups is 1. The summed E-state index contributed by atoms with van der Waals surface area (Å²) in [5.41, 5.74) is 3.00. The lowest BCUT2D eigenvalue weighted by Gasteiger charge is -2.35. The third-order valence-corrected chi connectivity index (χ3v) is 5.78. The second-order valence-corrected chi connectivity index (χ2v) is 7.96. The van der Waals surface area contributed by atoms with E-state index in [1.165, 1.54) is 0 Å². The molecule has 1 amide bonds. The van der Waals surface area contributed by atoms with E-state index in [0.717, 1.165) is 69.2 Å². The summed E-state index contributed by atoms with van der Waals surface area (Å²) in [5, 5.41) is 0.710. The van der Waals surface area contributed by atoms with E-state index in [-0.39, 0.29) is 11.8 Å². The van der Waals surface area contributed by atoms with Crippen LogP contribution in [0.1, 0.15) is 24.5 Å². The molecule has 28 heavy (non-hydrogen) atoms. The molecule has 1 aromatic carbocycles. The lowest BCUT2D eigenvalue weighted by molar-refractivity contribution is -0.134. The number of pyridine rings is 1. The van der Waals surface area contributed by atoms with Crippen LogP contribution in [-0.2, 0) is 9.53 Å². The van der Waals surface area contributed by atoms with Crippen LogP contribution in [0.5, 0.6) is 0 Å². The highest BCUT2D eigenvalue weighted by atomic mass is 35.5. The molecule has 2 saturated heterocycles. The predicted molar refractivity (Wildman–Crippen MR) is 110 cm³/mol. The summed E-state index contributed by atoms with van der Waals surface area (Å²) in [7, 11) is 0. The van der Waals surface area contributed by atoms with Crippen molar-refractivity contribution in [2.75, 3.05) is 45.9 Å². The molecule has 0 bridgehead atoms. The van der Waals surface area contributed by atoms with Crippen molar-refractivity contribution in [2.24, 2.45) is 0 Å². The highest BCUT2D eigenvalue weighted by molar-refractivity contribution is 6.30. The number of hydrogen-bond donors (Lipinski definition) is 0. The molecule has 0 spiro atoms. The second-order valence-electron chi connectivity index (χ2n) is 7.53. The Morgan fingerprint density at radius 2 is 1.96 bits per heavy atom. The molecule has 1 unspecified atom stereocenters. The monoisotopic (exact) mass is 399 g/mol. The van der Waals surface area contributed by atoms with Gasteiger partial charge in [0.1, 0.15) is 0 Å². The predicted octanol–water partition coefficient (Wildman–Crippen LogP) is 3.44. The molecule has 2 fully saturated rings. The Bertz CT molecular complexity index is 823. The molecular formula is C22H26ClN3O2. The number of rotatable bonds is 4. The van der Waals surface area contributed by atoms with E-state index < -0.39 is 0 Å². The maximum absolute atomic E-state index is 12.8. The quantitative estimate of drug-likeness (QED) is 0.790. The number of ether oxygens (including phenoxy) is 1. The number of amides is 1. The Balaban J connectivity index is 1.44. The highest BCUT2D eigenvalue weighted by Crippen LogP contribution is 2.28. The summed E-state index contributed by atoms with van der Waals surface area (Å²) in [6.07, 6.45) is 2.08. The minimum absolute atomic E-state index is 0.220. The van der Waals surface area contributed by atoms with Gasteiger partial charge in [-0.15, -0.1) is 0 Å². The van der Waals surface area contributed by atoms with Crippen molar-refractivity contribution < 1.29 is 9.53 Å². The van der Waals surface area contributed by atoms with Crippen molar-refractivity contribution in [3.8, 4) is 11.3 Å². The Kier molecular flexibility index (Phi) is 6.25. The fraction of sp³-hybridized carbons (Fsp3) is 0.455. The van der Waals surface area contributed by atoms with Crippen LogP contribution in [0.15, 0.2) is 42.5 Å². The van der Waals surface area contributed by atoms with Gasteiger partial charge in [-0.1, -0.05) is 29.8 Å². The fourth-order valence-corrected chi connectivity index (χ4v) is 4.17. The third-order valence-electron chi connectivity index (χ3n) is 5.55. The highest BCUT2D eigenvalue weighted by Gasteiger charge is 2.27. The van der Waals surface area contributed by atoms with Gasteiger partial charge in [0, 0.05) is 48.4 Å². The Labute approximate surface area is 171 Å². The first-order valence-corrected chi connectivity index (χ1v) is 10.4. The Morgan fingerprint density at radius 3 is 2.79 bits per heavy atom. The summed E-state index contributed by atoms with van der Waals surface area (Å²) in [6, 6.07) is 13.9. The van der Waals surface area contributed by atoms with Gasteiger partial charge in [0.05, 0.1) is 25.5 Å². The van der Waals surface area contributed by atoms with E-state index >= 15 is 0 Å². The average molecular weight is 400 g/mol. The molecule has 0 N–H and O–H groups in total. The van der Waals surface area contributed by atoms with Gasteiger partial charge in [0.15, 0.2) is 0 Å². The van der Waals surface area contributed by atoms with E-state index in [1.54, 1.807) is 0 Å². The molecule has 2 aromatic rings. The van der Waals surface area contributed by atoms with Crippen LogP contribution in [0.2, 0.25) is 5.02 Å². The summed E-state index contributed by atoms with van der Waals surface area (Å²) >= 11 is 6.13. The molecule has 0 aliphatic carbocycles. The SMILES string of the molecule is O=C(CN1CCOCC1)N1CCCC(c2cccc(-c3cccc(Cl)c3)n2)C1. The molecule has 6 heteroatoms. The number of halogens is 1. The van der Waals surface area contributed by atoms with Crippen LogP contribution >= 0.6 is 11.6 Å². The first-order chi connectivity index (χ1) is 13.7. The molecule has 1 atom stereocenters. The third kappa shape index (κ3) is 4.72. The van der Waals surface area contributed by atoms with Crippen molar-refractivity contribution in [1.82, 2.24) is 14.8 Å². The first-order valence-electron chi connectivity index (χ1n) is 10.00. The minimum Gasteiger partial charge on any atom is -0.379 e. The lowest BCUT2D eigenvalue weighted by Crippen LogP contribution is -2.47. The van der Waals surface area contributed by atoms with Gasteiger partial charge in [0.2, 0.25) is 5.91 Å². The fourth-order valence-electron chi connectivity index (χ4n) is 3.98. The number of nitrogens with zero attached hydrogens (tertiary/aromatic N) is 3. The number of piperidine rings is 1. The van der Waals surface area contributed by atoms with Crippen molar-refractivity contribution in [3.05, 3.63) is 53.2 Å². The summed E-state index contributed by atoms with van der Waals surface area (Å²) in [5.74, 6) is 0.499. The molecule has 148 valence electrons. The number of hydrogen-bond acceptors (Lipinski definition) is 4. The topological polar surface area (TPSA) is 45.7 Å². The number of aromatic nitrogens is 1. The van der Waals surface area contributed by atoms with Gasteiger partial charge < -0.3 is 9.64 Å². The number of carbonyl (C=O) groups excluding carboxylic acids is 1. The van der Waals surface area contributed by atoms with Crippen LogP contribution in [0.4, 0.5) is 0 Å². The van der Waals surface area contributed by atoms with Gasteiger partial charge in [0.25, 0.3) is 0 Å². The van der Waals surface area contributed by atoms with Gasteiger partial charge in [-0.2, -0.15) is 0 Å².